The third-order valence-electron chi connectivity index (χ3n) is 0.955. The topological polar surface area (TPSA) is 9.23 Å². The maximum atomic E-state index is 11.6. The van der Waals surface area contributed by atoms with E-state index in [1.54, 1.807) is 12.3 Å². The summed E-state index contributed by atoms with van der Waals surface area (Å²) in [5, 5.41) is 0. The standard InChI is InChI=1S/C5H7FO/c6-3-5-1-2-7-4-5/h1-2,5H,3-4H2. The van der Waals surface area contributed by atoms with E-state index in [0.29, 0.717) is 6.61 Å². The van der Waals surface area contributed by atoms with Crippen LogP contribution in [0.1, 0.15) is 0 Å². The van der Waals surface area contributed by atoms with Crippen molar-refractivity contribution in [3.8, 4) is 0 Å². The molecule has 0 aromatic rings. The molecule has 0 spiro atoms. The minimum absolute atomic E-state index is 0.0278. The summed E-state index contributed by atoms with van der Waals surface area (Å²) in [5.74, 6) is 0.0278. The Morgan fingerprint density at radius 1 is 1.86 bits per heavy atom. The zero-order valence-electron chi connectivity index (χ0n) is 3.93. The molecule has 1 aliphatic rings. The van der Waals surface area contributed by atoms with Gasteiger partial charge >= 0.3 is 0 Å². The highest BCUT2D eigenvalue weighted by atomic mass is 19.1. The minimum Gasteiger partial charge on any atom is -0.501 e. The van der Waals surface area contributed by atoms with Crippen LogP contribution in [-0.2, 0) is 4.74 Å². The van der Waals surface area contributed by atoms with Crippen LogP contribution in [0.25, 0.3) is 0 Å². The highest BCUT2D eigenvalue weighted by Gasteiger charge is 2.07. The second-order valence-corrected chi connectivity index (χ2v) is 1.58. The van der Waals surface area contributed by atoms with E-state index in [2.05, 4.69) is 0 Å². The van der Waals surface area contributed by atoms with Crippen LogP contribution in [0.2, 0.25) is 0 Å². The van der Waals surface area contributed by atoms with Crippen molar-refractivity contribution >= 4 is 0 Å². The molecule has 0 amide bonds. The SMILES string of the molecule is FCC1C=COC1. The second-order valence-electron chi connectivity index (χ2n) is 1.58. The fraction of sp³-hybridized carbons (Fsp3) is 0.600. The smallest absolute Gasteiger partial charge is 0.0990 e. The van der Waals surface area contributed by atoms with Crippen LogP contribution in [0.5, 0.6) is 0 Å². The molecule has 1 rings (SSSR count). The molecular weight excluding hydrogens is 95.1 g/mol. The summed E-state index contributed by atoms with van der Waals surface area (Å²) in [4.78, 5) is 0. The number of alkyl halides is 1. The molecule has 40 valence electrons. The van der Waals surface area contributed by atoms with Crippen LogP contribution < -0.4 is 0 Å². The average molecular weight is 102 g/mol. The Kier molecular flexibility index (Phi) is 1.29. The molecule has 1 aliphatic heterocycles. The number of ether oxygens (including phenoxy) is 1. The number of rotatable bonds is 1. The van der Waals surface area contributed by atoms with Crippen LogP contribution in [0.3, 0.4) is 0 Å². The van der Waals surface area contributed by atoms with Crippen LogP contribution in [0, 0.1) is 5.92 Å². The Hall–Kier alpha value is -0.530. The van der Waals surface area contributed by atoms with Gasteiger partial charge in [-0.05, 0) is 6.08 Å². The van der Waals surface area contributed by atoms with E-state index in [4.69, 9.17) is 4.74 Å². The van der Waals surface area contributed by atoms with Crippen molar-refractivity contribution in [1.82, 2.24) is 0 Å². The normalized spacial score (nSPS) is 27.9. The lowest BCUT2D eigenvalue weighted by Gasteiger charge is -1.94. The maximum Gasteiger partial charge on any atom is 0.0990 e. The van der Waals surface area contributed by atoms with E-state index in [9.17, 15) is 4.39 Å². The summed E-state index contributed by atoms with van der Waals surface area (Å²) in [6.07, 6.45) is 3.28. The van der Waals surface area contributed by atoms with E-state index < -0.39 is 0 Å². The average Bonchev–Trinajstić information content (AvgIpc) is 2.14. The third-order valence-corrected chi connectivity index (χ3v) is 0.955. The van der Waals surface area contributed by atoms with Crippen LogP contribution in [0.4, 0.5) is 4.39 Å². The van der Waals surface area contributed by atoms with Crippen molar-refractivity contribution in [1.29, 1.82) is 0 Å². The van der Waals surface area contributed by atoms with Crippen molar-refractivity contribution in [2.45, 2.75) is 0 Å². The molecule has 0 aromatic carbocycles. The predicted octanol–water partition coefficient (Wildman–Crippen LogP) is 1.12. The van der Waals surface area contributed by atoms with Crippen molar-refractivity contribution in [3.05, 3.63) is 12.3 Å². The van der Waals surface area contributed by atoms with Gasteiger partial charge in [0.15, 0.2) is 0 Å². The molecule has 0 saturated heterocycles. The summed E-state index contributed by atoms with van der Waals surface area (Å²) < 4.78 is 16.3. The number of hydrogen-bond acceptors (Lipinski definition) is 1. The molecule has 2 heteroatoms. The zero-order chi connectivity index (χ0) is 5.11. The van der Waals surface area contributed by atoms with Gasteiger partial charge in [-0.3, -0.25) is 4.39 Å². The molecule has 0 fully saturated rings. The van der Waals surface area contributed by atoms with Crippen LogP contribution in [0.15, 0.2) is 12.3 Å². The van der Waals surface area contributed by atoms with Gasteiger partial charge in [0.25, 0.3) is 0 Å². The molecule has 7 heavy (non-hydrogen) atoms. The quantitative estimate of drug-likeness (QED) is 0.482. The Labute approximate surface area is 41.8 Å². The van der Waals surface area contributed by atoms with Gasteiger partial charge in [-0.15, -0.1) is 0 Å². The van der Waals surface area contributed by atoms with E-state index in [0.717, 1.165) is 0 Å². The molecule has 1 nitrogen and oxygen atoms in total. The monoisotopic (exact) mass is 102 g/mol. The van der Waals surface area contributed by atoms with Crippen LogP contribution >= 0.6 is 0 Å². The van der Waals surface area contributed by atoms with Crippen molar-refractivity contribution < 1.29 is 9.13 Å². The molecule has 0 N–H and O–H groups in total. The molecule has 0 radical (unpaired) electrons. The largest absolute Gasteiger partial charge is 0.501 e. The Morgan fingerprint density at radius 2 is 2.71 bits per heavy atom. The summed E-state index contributed by atoms with van der Waals surface area (Å²) >= 11 is 0. The van der Waals surface area contributed by atoms with Gasteiger partial charge in [0.2, 0.25) is 0 Å². The highest BCUT2D eigenvalue weighted by Crippen LogP contribution is 2.07. The predicted molar refractivity (Wildman–Crippen MR) is 24.6 cm³/mol. The molecule has 1 unspecified atom stereocenters. The van der Waals surface area contributed by atoms with Gasteiger partial charge in [0.1, 0.15) is 0 Å². The lowest BCUT2D eigenvalue weighted by molar-refractivity contribution is 0.230. The highest BCUT2D eigenvalue weighted by molar-refractivity contribution is 4.88. The number of halogens is 1. The Morgan fingerprint density at radius 3 is 3.00 bits per heavy atom. The number of hydrogen-bond donors (Lipinski definition) is 0. The van der Waals surface area contributed by atoms with E-state index in [-0.39, 0.29) is 12.6 Å². The van der Waals surface area contributed by atoms with E-state index in [1.165, 1.54) is 0 Å². The molecule has 0 aliphatic carbocycles. The molecule has 0 saturated carbocycles. The van der Waals surface area contributed by atoms with Gasteiger partial charge in [0, 0.05) is 5.92 Å². The first-order chi connectivity index (χ1) is 3.43. The first kappa shape index (κ1) is 4.62. The lowest BCUT2D eigenvalue weighted by atomic mass is 10.2. The fourth-order valence-electron chi connectivity index (χ4n) is 0.497. The summed E-state index contributed by atoms with van der Waals surface area (Å²) in [7, 11) is 0. The van der Waals surface area contributed by atoms with E-state index >= 15 is 0 Å². The maximum absolute atomic E-state index is 11.6. The van der Waals surface area contributed by atoms with Gasteiger partial charge in [-0.25, -0.2) is 0 Å². The third kappa shape index (κ3) is 0.918. The molecule has 0 aromatic heterocycles. The summed E-state index contributed by atoms with van der Waals surface area (Å²) in [6, 6.07) is 0. The van der Waals surface area contributed by atoms with Crippen molar-refractivity contribution in [3.63, 3.8) is 0 Å². The van der Waals surface area contributed by atoms with Crippen molar-refractivity contribution in [2.75, 3.05) is 13.3 Å². The zero-order valence-corrected chi connectivity index (χ0v) is 3.93. The van der Waals surface area contributed by atoms with Gasteiger partial charge in [-0.1, -0.05) is 0 Å². The molecule has 0 bridgehead atoms. The Bertz CT molecular complexity index is 80.1. The lowest BCUT2D eigenvalue weighted by Crippen LogP contribution is -1.99. The molecule has 1 atom stereocenters. The fourth-order valence-corrected chi connectivity index (χ4v) is 0.497. The second kappa shape index (κ2) is 1.96. The first-order valence-corrected chi connectivity index (χ1v) is 2.27. The molecular formula is C5H7FO. The van der Waals surface area contributed by atoms with Gasteiger partial charge in [-0.2, -0.15) is 0 Å². The first-order valence-electron chi connectivity index (χ1n) is 2.27. The van der Waals surface area contributed by atoms with E-state index in [1.807, 2.05) is 0 Å². The van der Waals surface area contributed by atoms with Crippen molar-refractivity contribution in [2.24, 2.45) is 5.92 Å². The summed E-state index contributed by atoms with van der Waals surface area (Å²) in [6.45, 7) is 0.229. The van der Waals surface area contributed by atoms with Gasteiger partial charge < -0.3 is 4.74 Å². The Balaban J connectivity index is 2.28. The minimum atomic E-state index is -0.295. The van der Waals surface area contributed by atoms with Gasteiger partial charge in [0.05, 0.1) is 19.5 Å². The van der Waals surface area contributed by atoms with Crippen LogP contribution in [-0.4, -0.2) is 13.3 Å². The summed E-state index contributed by atoms with van der Waals surface area (Å²) in [5.41, 5.74) is 0. The molecule has 1 heterocycles.